The van der Waals surface area contributed by atoms with E-state index in [1.807, 2.05) is 18.3 Å². The molecule has 1 amide bonds. The fourth-order valence-electron chi connectivity index (χ4n) is 4.20. The standard InChI is InChI=1S/C19H24N4OS/c1-12-20-17(16-14-4-2-3-5-15(14)25-18(16)21-12)22-8-10-23(11-9-22)19(24)13-6-7-13/h13H,2-11H2,1H3. The molecule has 5 nitrogen and oxygen atoms in total. The molecule has 1 saturated carbocycles. The van der Waals surface area contributed by atoms with Gasteiger partial charge in [-0.1, -0.05) is 0 Å². The minimum Gasteiger partial charge on any atom is -0.352 e. The molecule has 1 aliphatic heterocycles. The van der Waals surface area contributed by atoms with Crippen molar-refractivity contribution in [3.8, 4) is 0 Å². The maximum Gasteiger partial charge on any atom is 0.225 e. The van der Waals surface area contributed by atoms with Gasteiger partial charge in [-0.15, -0.1) is 11.3 Å². The van der Waals surface area contributed by atoms with E-state index >= 15 is 0 Å². The average Bonchev–Trinajstić information content (AvgIpc) is 3.41. The molecule has 0 radical (unpaired) electrons. The molecule has 0 aromatic carbocycles. The maximum atomic E-state index is 12.3. The van der Waals surface area contributed by atoms with Crippen LogP contribution in [0.3, 0.4) is 0 Å². The Kier molecular flexibility index (Phi) is 3.69. The number of hydrogen-bond donors (Lipinski definition) is 0. The normalized spacial score (nSPS) is 20.8. The Labute approximate surface area is 152 Å². The number of aryl methyl sites for hydroxylation is 3. The molecule has 5 rings (SSSR count). The average molecular weight is 356 g/mol. The van der Waals surface area contributed by atoms with Crippen LogP contribution in [0.25, 0.3) is 10.2 Å². The van der Waals surface area contributed by atoms with Gasteiger partial charge in [-0.3, -0.25) is 4.79 Å². The van der Waals surface area contributed by atoms with E-state index in [1.165, 1.54) is 35.1 Å². The van der Waals surface area contributed by atoms with E-state index in [0.29, 0.717) is 11.8 Å². The van der Waals surface area contributed by atoms with Crippen molar-refractivity contribution in [1.82, 2.24) is 14.9 Å². The number of fused-ring (bicyclic) bond motifs is 3. The van der Waals surface area contributed by atoms with E-state index in [0.717, 1.165) is 61.9 Å². The summed E-state index contributed by atoms with van der Waals surface area (Å²) in [6.45, 7) is 5.41. The third kappa shape index (κ3) is 2.71. The third-order valence-electron chi connectivity index (χ3n) is 5.72. The lowest BCUT2D eigenvalue weighted by molar-refractivity contribution is -0.132. The van der Waals surface area contributed by atoms with E-state index in [2.05, 4.69) is 9.80 Å². The van der Waals surface area contributed by atoms with Crippen molar-refractivity contribution < 1.29 is 4.79 Å². The van der Waals surface area contributed by atoms with E-state index in [4.69, 9.17) is 9.97 Å². The van der Waals surface area contributed by atoms with Crippen LogP contribution in [0.15, 0.2) is 0 Å². The van der Waals surface area contributed by atoms with E-state index < -0.39 is 0 Å². The van der Waals surface area contributed by atoms with Crippen LogP contribution in [0.2, 0.25) is 0 Å². The maximum absolute atomic E-state index is 12.3. The van der Waals surface area contributed by atoms with Gasteiger partial charge < -0.3 is 9.80 Å². The van der Waals surface area contributed by atoms with E-state index in [-0.39, 0.29) is 0 Å². The molecule has 2 aromatic heterocycles. The number of piperazine rings is 1. The summed E-state index contributed by atoms with van der Waals surface area (Å²) in [5.74, 6) is 2.66. The smallest absolute Gasteiger partial charge is 0.225 e. The third-order valence-corrected chi connectivity index (χ3v) is 6.91. The van der Waals surface area contributed by atoms with Gasteiger partial charge in [0.25, 0.3) is 0 Å². The van der Waals surface area contributed by atoms with Crippen molar-refractivity contribution in [2.24, 2.45) is 5.92 Å². The van der Waals surface area contributed by atoms with Gasteiger partial charge in [-0.2, -0.15) is 0 Å². The number of nitrogens with zero attached hydrogens (tertiary/aromatic N) is 4. The summed E-state index contributed by atoms with van der Waals surface area (Å²) in [7, 11) is 0. The molecule has 0 spiro atoms. The molecule has 0 unspecified atom stereocenters. The number of thiophene rings is 1. The number of anilines is 1. The first-order valence-electron chi connectivity index (χ1n) is 9.53. The molecular weight excluding hydrogens is 332 g/mol. The monoisotopic (exact) mass is 356 g/mol. The van der Waals surface area contributed by atoms with Crippen molar-refractivity contribution in [2.75, 3.05) is 31.1 Å². The lowest BCUT2D eigenvalue weighted by Crippen LogP contribution is -2.49. The van der Waals surface area contributed by atoms with Crippen molar-refractivity contribution >= 4 is 33.3 Å². The van der Waals surface area contributed by atoms with Crippen LogP contribution in [0.1, 0.15) is 41.9 Å². The number of hydrogen-bond acceptors (Lipinski definition) is 5. The Bertz CT molecular complexity index is 834. The molecule has 0 bridgehead atoms. The van der Waals surface area contributed by atoms with Crippen LogP contribution in [0.4, 0.5) is 5.82 Å². The number of aromatic nitrogens is 2. The van der Waals surface area contributed by atoms with Crippen LogP contribution in [0.5, 0.6) is 0 Å². The zero-order chi connectivity index (χ0) is 17.0. The molecule has 2 aromatic rings. The van der Waals surface area contributed by atoms with Crippen molar-refractivity contribution in [2.45, 2.75) is 45.4 Å². The Morgan fingerprint density at radius 1 is 1.08 bits per heavy atom. The fourth-order valence-corrected chi connectivity index (χ4v) is 5.50. The van der Waals surface area contributed by atoms with Crippen molar-refractivity contribution in [1.29, 1.82) is 0 Å². The topological polar surface area (TPSA) is 49.3 Å². The van der Waals surface area contributed by atoms with Gasteiger partial charge in [0.15, 0.2) is 0 Å². The minimum absolute atomic E-state index is 0.323. The van der Waals surface area contributed by atoms with Crippen molar-refractivity contribution in [3.63, 3.8) is 0 Å². The van der Waals surface area contributed by atoms with E-state index in [1.54, 1.807) is 0 Å². The first-order valence-corrected chi connectivity index (χ1v) is 10.3. The number of carbonyl (C=O) groups is 1. The zero-order valence-electron chi connectivity index (χ0n) is 14.8. The quantitative estimate of drug-likeness (QED) is 0.830. The predicted octanol–water partition coefficient (Wildman–Crippen LogP) is 2.94. The van der Waals surface area contributed by atoms with Crippen LogP contribution >= 0.6 is 11.3 Å². The Morgan fingerprint density at radius 3 is 2.60 bits per heavy atom. The molecule has 3 aliphatic rings. The van der Waals surface area contributed by atoms with Crippen LogP contribution in [0, 0.1) is 12.8 Å². The highest BCUT2D eigenvalue weighted by molar-refractivity contribution is 7.19. The molecule has 2 aliphatic carbocycles. The first-order chi connectivity index (χ1) is 12.2. The highest BCUT2D eigenvalue weighted by atomic mass is 32.1. The van der Waals surface area contributed by atoms with Gasteiger partial charge in [-0.05, 0) is 51.0 Å². The van der Waals surface area contributed by atoms with E-state index in [9.17, 15) is 4.79 Å². The van der Waals surface area contributed by atoms with Gasteiger partial charge in [-0.25, -0.2) is 9.97 Å². The Morgan fingerprint density at radius 2 is 1.84 bits per heavy atom. The molecule has 25 heavy (non-hydrogen) atoms. The molecule has 0 atom stereocenters. The molecule has 1 saturated heterocycles. The van der Waals surface area contributed by atoms with Crippen molar-refractivity contribution in [3.05, 3.63) is 16.3 Å². The molecule has 3 heterocycles. The Balaban J connectivity index is 1.46. The van der Waals surface area contributed by atoms with Gasteiger partial charge in [0.2, 0.25) is 5.91 Å². The zero-order valence-corrected chi connectivity index (χ0v) is 15.6. The molecule has 6 heteroatoms. The summed E-state index contributed by atoms with van der Waals surface area (Å²) in [5, 5.41) is 1.30. The summed E-state index contributed by atoms with van der Waals surface area (Å²) < 4.78 is 0. The highest BCUT2D eigenvalue weighted by Crippen LogP contribution is 2.40. The Hall–Kier alpha value is -1.69. The number of amides is 1. The summed E-state index contributed by atoms with van der Waals surface area (Å²) in [6, 6.07) is 0. The molecule has 132 valence electrons. The summed E-state index contributed by atoms with van der Waals surface area (Å²) in [5.41, 5.74) is 1.50. The highest BCUT2D eigenvalue weighted by Gasteiger charge is 2.35. The number of rotatable bonds is 2. The predicted molar refractivity (Wildman–Crippen MR) is 100 cm³/mol. The second-order valence-corrected chi connectivity index (χ2v) is 8.66. The number of carbonyl (C=O) groups excluding carboxylic acids is 1. The SMILES string of the molecule is Cc1nc(N2CCN(C(=O)C3CC3)CC2)c2c3c(sc2n1)CCCC3. The minimum atomic E-state index is 0.323. The van der Waals surface area contributed by atoms with Gasteiger partial charge in [0.05, 0.1) is 5.39 Å². The second-order valence-electron chi connectivity index (χ2n) is 7.57. The van der Waals surface area contributed by atoms with Crippen LogP contribution < -0.4 is 4.90 Å². The lowest BCUT2D eigenvalue weighted by atomic mass is 9.97. The fraction of sp³-hybridized carbons (Fsp3) is 0.632. The van der Waals surface area contributed by atoms with Gasteiger partial charge >= 0.3 is 0 Å². The second kappa shape index (κ2) is 5.94. The van der Waals surface area contributed by atoms with Gasteiger partial charge in [0.1, 0.15) is 16.5 Å². The lowest BCUT2D eigenvalue weighted by Gasteiger charge is -2.36. The largest absolute Gasteiger partial charge is 0.352 e. The van der Waals surface area contributed by atoms with Crippen LogP contribution in [-0.4, -0.2) is 47.0 Å². The molecule has 2 fully saturated rings. The summed E-state index contributed by atoms with van der Waals surface area (Å²) in [4.78, 5) is 29.0. The molecular formula is C19H24N4OS. The first kappa shape index (κ1) is 15.6. The summed E-state index contributed by atoms with van der Waals surface area (Å²) in [6.07, 6.45) is 7.10. The van der Waals surface area contributed by atoms with Gasteiger partial charge in [0, 0.05) is 37.0 Å². The van der Waals surface area contributed by atoms with Crippen LogP contribution in [-0.2, 0) is 17.6 Å². The molecule has 0 N–H and O–H groups in total. The summed E-state index contributed by atoms with van der Waals surface area (Å²) >= 11 is 1.87.